The number of benzene rings is 1. The summed E-state index contributed by atoms with van der Waals surface area (Å²) in [5.41, 5.74) is 3.34. The second-order valence-corrected chi connectivity index (χ2v) is 9.02. The molecular weight excluding hydrogens is 455 g/mol. The van der Waals surface area contributed by atoms with Gasteiger partial charge in [0.05, 0.1) is 23.1 Å². The monoisotopic (exact) mass is 480 g/mol. The number of hydrogen-bond donors (Lipinski definition) is 2. The van der Waals surface area contributed by atoms with E-state index in [9.17, 15) is 4.39 Å². The van der Waals surface area contributed by atoms with Gasteiger partial charge in [0, 0.05) is 49.9 Å². The Morgan fingerprint density at radius 1 is 1.09 bits per heavy atom. The molecule has 0 radical (unpaired) electrons. The van der Waals surface area contributed by atoms with Gasteiger partial charge in [0.2, 0.25) is 5.95 Å². The lowest BCUT2D eigenvalue weighted by molar-refractivity contribution is 0.589. The summed E-state index contributed by atoms with van der Waals surface area (Å²) in [7, 11) is 1.89. The van der Waals surface area contributed by atoms with Crippen LogP contribution in [0.25, 0.3) is 22.2 Å². The van der Waals surface area contributed by atoms with Crippen LogP contribution >= 0.6 is 11.6 Å². The third-order valence-electron chi connectivity index (χ3n) is 6.01. The van der Waals surface area contributed by atoms with Gasteiger partial charge >= 0.3 is 0 Å². The third-order valence-corrected chi connectivity index (χ3v) is 6.39. The van der Waals surface area contributed by atoms with Crippen LogP contribution in [0.4, 0.5) is 21.8 Å². The highest BCUT2D eigenvalue weighted by Crippen LogP contribution is 2.37. The van der Waals surface area contributed by atoms with Crippen molar-refractivity contribution in [2.45, 2.75) is 19.8 Å². The van der Waals surface area contributed by atoms with Crippen LogP contribution in [0.5, 0.6) is 0 Å². The average Bonchev–Trinajstić information content (AvgIpc) is 3.19. The van der Waals surface area contributed by atoms with Crippen LogP contribution in [-0.2, 0) is 7.05 Å². The third kappa shape index (κ3) is 4.17. The van der Waals surface area contributed by atoms with E-state index in [0.717, 1.165) is 49.1 Å². The number of piperazine rings is 1. The summed E-state index contributed by atoms with van der Waals surface area (Å²) in [4.78, 5) is 15.2. The molecule has 4 heterocycles. The van der Waals surface area contributed by atoms with Crippen molar-refractivity contribution < 1.29 is 4.39 Å². The molecule has 8 nitrogen and oxygen atoms in total. The van der Waals surface area contributed by atoms with E-state index in [1.165, 1.54) is 0 Å². The van der Waals surface area contributed by atoms with Crippen LogP contribution in [0.1, 0.15) is 25.5 Å². The molecule has 0 unspecified atom stereocenters. The first-order chi connectivity index (χ1) is 16.4. The predicted octanol–water partition coefficient (Wildman–Crippen LogP) is 4.49. The number of aromatic nitrogens is 5. The minimum atomic E-state index is -0.561. The van der Waals surface area contributed by atoms with E-state index in [1.54, 1.807) is 6.07 Å². The second kappa shape index (κ2) is 9.15. The quantitative estimate of drug-likeness (QED) is 0.435. The summed E-state index contributed by atoms with van der Waals surface area (Å²) >= 11 is 6.70. The van der Waals surface area contributed by atoms with Gasteiger partial charge in [-0.3, -0.25) is 4.68 Å². The first-order valence-electron chi connectivity index (χ1n) is 11.3. The van der Waals surface area contributed by atoms with Gasteiger partial charge in [0.15, 0.2) is 5.82 Å². The van der Waals surface area contributed by atoms with Crippen LogP contribution in [-0.4, -0.2) is 50.9 Å². The Balaban J connectivity index is 1.44. The second-order valence-electron chi connectivity index (χ2n) is 8.64. The van der Waals surface area contributed by atoms with Crippen LogP contribution in [0.2, 0.25) is 5.02 Å². The maximum Gasteiger partial charge on any atom is 0.229 e. The van der Waals surface area contributed by atoms with E-state index < -0.39 is 5.82 Å². The zero-order valence-corrected chi connectivity index (χ0v) is 20.1. The summed E-state index contributed by atoms with van der Waals surface area (Å²) < 4.78 is 16.6. The Morgan fingerprint density at radius 2 is 1.88 bits per heavy atom. The van der Waals surface area contributed by atoms with Crippen LogP contribution < -0.4 is 15.5 Å². The molecule has 0 atom stereocenters. The molecule has 34 heavy (non-hydrogen) atoms. The van der Waals surface area contributed by atoms with Gasteiger partial charge in [0.1, 0.15) is 17.0 Å². The van der Waals surface area contributed by atoms with Gasteiger partial charge in [-0.2, -0.15) is 5.10 Å². The molecule has 5 rings (SSSR count). The van der Waals surface area contributed by atoms with Crippen molar-refractivity contribution in [1.29, 1.82) is 0 Å². The number of pyridine rings is 1. The number of nitrogens with zero attached hydrogens (tertiary/aromatic N) is 6. The van der Waals surface area contributed by atoms with E-state index in [2.05, 4.69) is 49.4 Å². The Kier molecular flexibility index (Phi) is 6.05. The minimum Gasteiger partial charge on any atom is -0.368 e. The highest BCUT2D eigenvalue weighted by atomic mass is 35.5. The lowest BCUT2D eigenvalue weighted by Gasteiger charge is -2.29. The molecule has 1 saturated heterocycles. The van der Waals surface area contributed by atoms with Gasteiger partial charge in [-0.1, -0.05) is 37.6 Å². The number of anilines is 3. The van der Waals surface area contributed by atoms with Crippen LogP contribution in [0.15, 0.2) is 36.7 Å². The summed E-state index contributed by atoms with van der Waals surface area (Å²) in [6, 6.07) is 7.57. The van der Waals surface area contributed by atoms with Gasteiger partial charge in [-0.15, -0.1) is 0 Å². The number of hydrogen-bond acceptors (Lipinski definition) is 7. The van der Waals surface area contributed by atoms with Crippen LogP contribution in [0.3, 0.4) is 0 Å². The maximum atomic E-state index is 14.8. The Morgan fingerprint density at radius 3 is 2.59 bits per heavy atom. The molecule has 0 spiro atoms. The molecule has 1 aliphatic rings. The Hall–Kier alpha value is -3.30. The molecule has 1 aromatic carbocycles. The zero-order valence-electron chi connectivity index (χ0n) is 19.3. The normalized spacial score (nSPS) is 14.2. The molecule has 10 heteroatoms. The fourth-order valence-electron chi connectivity index (χ4n) is 4.42. The smallest absolute Gasteiger partial charge is 0.229 e. The number of rotatable bonds is 5. The summed E-state index contributed by atoms with van der Waals surface area (Å²) in [5, 5.41) is 12.3. The van der Waals surface area contributed by atoms with Crippen molar-refractivity contribution in [2.24, 2.45) is 7.05 Å². The van der Waals surface area contributed by atoms with Crippen molar-refractivity contribution in [3.8, 4) is 11.3 Å². The van der Waals surface area contributed by atoms with Gasteiger partial charge in [0.25, 0.3) is 0 Å². The van der Waals surface area contributed by atoms with E-state index in [4.69, 9.17) is 11.6 Å². The molecule has 1 aliphatic heterocycles. The standard InChI is InChI=1S/C24H26ClFN8/c1-14(2)23-17-6-5-16(20(25)22(17)32-33(23)3)21-18(26)13-29-24(31-21)30-19-7-4-15(12-28-19)34-10-8-27-9-11-34/h4-7,12-14,27H,8-11H2,1-3H3,(H,28,29,30,31). The van der Waals surface area contributed by atoms with Crippen molar-refractivity contribution in [3.05, 3.63) is 53.2 Å². The SMILES string of the molecule is CC(C)c1c2ccc(-c3nc(Nc4ccc(N5CCNCC5)cn4)ncc3F)c(Cl)c2nn1C. The van der Waals surface area contributed by atoms with Crippen molar-refractivity contribution in [1.82, 2.24) is 30.0 Å². The van der Waals surface area contributed by atoms with Gasteiger partial charge in [-0.25, -0.2) is 19.3 Å². The van der Waals surface area contributed by atoms with Crippen LogP contribution in [0, 0.1) is 5.82 Å². The number of fused-ring (bicyclic) bond motifs is 1. The molecule has 3 aromatic heterocycles. The fraction of sp³-hybridized carbons (Fsp3) is 0.333. The molecular formula is C24H26ClFN8. The molecule has 0 saturated carbocycles. The first-order valence-corrected chi connectivity index (χ1v) is 11.7. The van der Waals surface area contributed by atoms with Gasteiger partial charge in [-0.05, 0) is 18.1 Å². The van der Waals surface area contributed by atoms with E-state index in [-0.39, 0.29) is 17.6 Å². The maximum absolute atomic E-state index is 14.8. The Bertz CT molecular complexity index is 1330. The number of aryl methyl sites for hydroxylation is 1. The average molecular weight is 481 g/mol. The molecule has 2 N–H and O–H groups in total. The highest BCUT2D eigenvalue weighted by Gasteiger charge is 2.20. The first kappa shape index (κ1) is 22.5. The van der Waals surface area contributed by atoms with E-state index >= 15 is 0 Å². The summed E-state index contributed by atoms with van der Waals surface area (Å²) in [5.74, 6) is 0.519. The Labute approximate surface area is 202 Å². The molecule has 0 amide bonds. The van der Waals surface area contributed by atoms with E-state index in [0.29, 0.717) is 21.9 Å². The zero-order chi connectivity index (χ0) is 23.8. The molecule has 1 fully saturated rings. The number of halogens is 2. The largest absolute Gasteiger partial charge is 0.368 e. The van der Waals surface area contributed by atoms with Crippen molar-refractivity contribution in [3.63, 3.8) is 0 Å². The number of nitrogens with one attached hydrogen (secondary N) is 2. The minimum absolute atomic E-state index is 0.110. The topological polar surface area (TPSA) is 83.8 Å². The lowest BCUT2D eigenvalue weighted by atomic mass is 10.0. The van der Waals surface area contributed by atoms with Crippen molar-refractivity contribution >= 4 is 40.0 Å². The summed E-state index contributed by atoms with van der Waals surface area (Å²) in [6.45, 7) is 8.00. The lowest BCUT2D eigenvalue weighted by Crippen LogP contribution is -2.43. The molecule has 176 valence electrons. The van der Waals surface area contributed by atoms with Crippen molar-refractivity contribution in [2.75, 3.05) is 36.4 Å². The molecule has 4 aromatic rings. The highest BCUT2D eigenvalue weighted by molar-refractivity contribution is 6.37. The molecule has 0 aliphatic carbocycles. The van der Waals surface area contributed by atoms with Gasteiger partial charge < -0.3 is 15.5 Å². The predicted molar refractivity (Wildman–Crippen MR) is 133 cm³/mol. The fourth-order valence-corrected chi connectivity index (χ4v) is 4.71. The molecule has 0 bridgehead atoms. The van der Waals surface area contributed by atoms with E-state index in [1.807, 2.05) is 36.1 Å². The summed E-state index contributed by atoms with van der Waals surface area (Å²) in [6.07, 6.45) is 2.95.